The number of rotatable bonds is 1. The van der Waals surface area contributed by atoms with E-state index >= 15 is 0 Å². The van der Waals surface area contributed by atoms with Crippen molar-refractivity contribution in [2.75, 3.05) is 6.54 Å². The van der Waals surface area contributed by atoms with Crippen LogP contribution < -0.4 is 0 Å². The van der Waals surface area contributed by atoms with Crippen LogP contribution in [-0.4, -0.2) is 27.3 Å². The van der Waals surface area contributed by atoms with Crippen molar-refractivity contribution in [1.29, 1.82) is 0 Å². The quantitative estimate of drug-likeness (QED) is 0.748. The summed E-state index contributed by atoms with van der Waals surface area (Å²) in [6.45, 7) is 5.30. The predicted octanol–water partition coefficient (Wildman–Crippen LogP) is 3.44. The standard InChI is InChI=1S/C17H17N3OS/c1-10-16(22-11(2)18-10)17(21)20-8-7-15-13(9-20)12-5-3-4-6-14(12)19-15/h3-6,19H,7-9H2,1-2H3. The van der Waals surface area contributed by atoms with Gasteiger partial charge in [-0.25, -0.2) is 4.98 Å². The number of nitrogens with one attached hydrogen (secondary N) is 1. The van der Waals surface area contributed by atoms with Gasteiger partial charge in [-0.1, -0.05) is 18.2 Å². The number of amides is 1. The zero-order chi connectivity index (χ0) is 15.3. The van der Waals surface area contributed by atoms with Gasteiger partial charge < -0.3 is 9.88 Å². The van der Waals surface area contributed by atoms with Crippen LogP contribution >= 0.6 is 11.3 Å². The van der Waals surface area contributed by atoms with Crippen molar-refractivity contribution in [2.45, 2.75) is 26.8 Å². The van der Waals surface area contributed by atoms with Crippen molar-refractivity contribution in [3.63, 3.8) is 0 Å². The van der Waals surface area contributed by atoms with Crippen molar-refractivity contribution >= 4 is 28.1 Å². The van der Waals surface area contributed by atoms with Crippen molar-refractivity contribution in [1.82, 2.24) is 14.9 Å². The van der Waals surface area contributed by atoms with E-state index in [1.165, 1.54) is 28.0 Å². The third kappa shape index (κ3) is 2.04. The highest BCUT2D eigenvalue weighted by molar-refractivity contribution is 7.13. The summed E-state index contributed by atoms with van der Waals surface area (Å²) in [4.78, 5) is 23.4. The largest absolute Gasteiger partial charge is 0.358 e. The molecule has 0 bridgehead atoms. The molecule has 4 nitrogen and oxygen atoms in total. The summed E-state index contributed by atoms with van der Waals surface area (Å²) in [5.41, 5.74) is 4.53. The maximum Gasteiger partial charge on any atom is 0.266 e. The highest BCUT2D eigenvalue weighted by Crippen LogP contribution is 2.29. The second-order valence-electron chi connectivity index (χ2n) is 5.75. The molecule has 0 fully saturated rings. The van der Waals surface area contributed by atoms with Gasteiger partial charge in [0.25, 0.3) is 5.91 Å². The number of para-hydroxylation sites is 1. The van der Waals surface area contributed by atoms with E-state index in [9.17, 15) is 4.79 Å². The van der Waals surface area contributed by atoms with E-state index in [-0.39, 0.29) is 5.91 Å². The third-order valence-corrected chi connectivity index (χ3v) is 5.33. The fourth-order valence-electron chi connectivity index (χ4n) is 3.21. The van der Waals surface area contributed by atoms with E-state index in [0.717, 1.165) is 34.1 Å². The summed E-state index contributed by atoms with van der Waals surface area (Å²) in [5.74, 6) is 0.110. The fraction of sp³-hybridized carbons (Fsp3) is 0.294. The van der Waals surface area contributed by atoms with Crippen LogP contribution in [0.4, 0.5) is 0 Å². The van der Waals surface area contributed by atoms with E-state index in [1.54, 1.807) is 0 Å². The Kier molecular flexibility index (Phi) is 3.04. The number of H-pyrrole nitrogens is 1. The highest BCUT2D eigenvalue weighted by Gasteiger charge is 2.26. The van der Waals surface area contributed by atoms with Gasteiger partial charge in [-0.05, 0) is 19.9 Å². The lowest BCUT2D eigenvalue weighted by molar-refractivity contribution is 0.0739. The molecular formula is C17H17N3OS. The number of carbonyl (C=O) groups is 1. The molecule has 1 aromatic carbocycles. The second kappa shape index (κ2) is 4.95. The average Bonchev–Trinajstić information content (AvgIpc) is 3.05. The Morgan fingerprint density at radius 3 is 2.91 bits per heavy atom. The van der Waals surface area contributed by atoms with Gasteiger partial charge in [0.15, 0.2) is 0 Å². The summed E-state index contributed by atoms with van der Waals surface area (Å²) in [6.07, 6.45) is 0.882. The molecule has 4 rings (SSSR count). The van der Waals surface area contributed by atoms with Gasteiger partial charge in [0.2, 0.25) is 0 Å². The smallest absolute Gasteiger partial charge is 0.266 e. The molecule has 2 aromatic heterocycles. The Morgan fingerprint density at radius 1 is 1.32 bits per heavy atom. The van der Waals surface area contributed by atoms with Crippen LogP contribution in [0.2, 0.25) is 0 Å². The SMILES string of the molecule is Cc1nc(C)c(C(=O)N2CCc3[nH]c4ccccc4c3C2)s1. The van der Waals surface area contributed by atoms with Crippen LogP contribution in [0.15, 0.2) is 24.3 Å². The molecule has 1 aliphatic heterocycles. The maximum atomic E-state index is 12.8. The minimum atomic E-state index is 0.110. The van der Waals surface area contributed by atoms with Crippen molar-refractivity contribution in [3.8, 4) is 0 Å². The minimum Gasteiger partial charge on any atom is -0.358 e. The fourth-order valence-corrected chi connectivity index (χ4v) is 4.10. The molecule has 0 unspecified atom stereocenters. The Balaban J connectivity index is 1.69. The molecule has 1 aliphatic rings. The number of carbonyl (C=O) groups excluding carboxylic acids is 1. The molecule has 3 heterocycles. The van der Waals surface area contributed by atoms with Crippen LogP contribution in [0.1, 0.15) is 31.6 Å². The number of aromatic nitrogens is 2. The topological polar surface area (TPSA) is 49.0 Å². The molecule has 0 spiro atoms. The molecule has 0 saturated carbocycles. The van der Waals surface area contributed by atoms with Crippen LogP contribution in [0, 0.1) is 13.8 Å². The lowest BCUT2D eigenvalue weighted by Gasteiger charge is -2.27. The van der Waals surface area contributed by atoms with Crippen molar-refractivity contribution in [2.24, 2.45) is 0 Å². The Morgan fingerprint density at radius 2 is 2.14 bits per heavy atom. The maximum absolute atomic E-state index is 12.8. The Bertz CT molecular complexity index is 877. The first-order chi connectivity index (χ1) is 10.6. The average molecular weight is 311 g/mol. The minimum absolute atomic E-state index is 0.110. The van der Waals surface area contributed by atoms with Gasteiger partial charge in [-0.2, -0.15) is 0 Å². The lowest BCUT2D eigenvalue weighted by Crippen LogP contribution is -2.35. The summed E-state index contributed by atoms with van der Waals surface area (Å²) >= 11 is 1.49. The molecule has 0 saturated heterocycles. The van der Waals surface area contributed by atoms with Gasteiger partial charge in [-0.3, -0.25) is 4.79 Å². The highest BCUT2D eigenvalue weighted by atomic mass is 32.1. The van der Waals surface area contributed by atoms with E-state index in [1.807, 2.05) is 30.9 Å². The molecule has 0 atom stereocenters. The first kappa shape index (κ1) is 13.5. The number of fused-ring (bicyclic) bond motifs is 3. The Labute approximate surface area is 132 Å². The van der Waals surface area contributed by atoms with Crippen LogP contribution in [0.3, 0.4) is 0 Å². The zero-order valence-electron chi connectivity index (χ0n) is 12.6. The second-order valence-corrected chi connectivity index (χ2v) is 6.96. The van der Waals surface area contributed by atoms with Crippen LogP contribution in [0.5, 0.6) is 0 Å². The summed E-state index contributed by atoms with van der Waals surface area (Å²) in [6, 6.07) is 8.31. The number of benzene rings is 1. The summed E-state index contributed by atoms with van der Waals surface area (Å²) < 4.78 is 0. The summed E-state index contributed by atoms with van der Waals surface area (Å²) in [7, 11) is 0. The molecular weight excluding hydrogens is 294 g/mol. The van der Waals surface area contributed by atoms with Gasteiger partial charge in [0.1, 0.15) is 4.88 Å². The number of nitrogens with zero attached hydrogens (tertiary/aromatic N) is 2. The van der Waals surface area contributed by atoms with Crippen molar-refractivity contribution in [3.05, 3.63) is 51.1 Å². The van der Waals surface area contributed by atoms with Crippen molar-refractivity contribution < 1.29 is 4.79 Å². The van der Waals surface area contributed by atoms with Crippen LogP contribution in [-0.2, 0) is 13.0 Å². The number of aromatic amines is 1. The van der Waals surface area contributed by atoms with Gasteiger partial charge in [0.05, 0.1) is 10.7 Å². The van der Waals surface area contributed by atoms with Crippen LogP contribution in [0.25, 0.3) is 10.9 Å². The molecule has 22 heavy (non-hydrogen) atoms. The van der Waals surface area contributed by atoms with Gasteiger partial charge in [-0.15, -0.1) is 11.3 Å². The number of thiazole rings is 1. The van der Waals surface area contributed by atoms with E-state index in [4.69, 9.17) is 0 Å². The Hall–Kier alpha value is -2.14. The first-order valence-corrected chi connectivity index (χ1v) is 8.27. The number of aryl methyl sites for hydroxylation is 2. The molecule has 1 amide bonds. The van der Waals surface area contributed by atoms with E-state index in [0.29, 0.717) is 6.54 Å². The molecule has 3 aromatic rings. The number of hydrogen-bond acceptors (Lipinski definition) is 3. The van der Waals surface area contributed by atoms with Gasteiger partial charge in [0, 0.05) is 41.7 Å². The normalized spacial score (nSPS) is 14.4. The lowest BCUT2D eigenvalue weighted by atomic mass is 10.0. The molecule has 0 radical (unpaired) electrons. The van der Waals surface area contributed by atoms with E-state index < -0.39 is 0 Å². The number of hydrogen-bond donors (Lipinski definition) is 1. The molecule has 0 aliphatic carbocycles. The predicted molar refractivity (Wildman–Crippen MR) is 88.3 cm³/mol. The van der Waals surface area contributed by atoms with Gasteiger partial charge >= 0.3 is 0 Å². The summed E-state index contributed by atoms with van der Waals surface area (Å²) in [5, 5.41) is 2.18. The third-order valence-electron chi connectivity index (χ3n) is 4.27. The molecule has 112 valence electrons. The monoisotopic (exact) mass is 311 g/mol. The zero-order valence-corrected chi connectivity index (χ0v) is 13.5. The van der Waals surface area contributed by atoms with E-state index in [2.05, 4.69) is 22.1 Å². The molecule has 1 N–H and O–H groups in total. The first-order valence-electron chi connectivity index (χ1n) is 7.45. The molecule has 5 heteroatoms.